The van der Waals surface area contributed by atoms with Crippen molar-refractivity contribution in [3.05, 3.63) is 54.1 Å². The van der Waals surface area contributed by atoms with Gasteiger partial charge < -0.3 is 15.0 Å². The van der Waals surface area contributed by atoms with Gasteiger partial charge in [0.25, 0.3) is 5.91 Å². The van der Waals surface area contributed by atoms with Gasteiger partial charge >= 0.3 is 0 Å². The molecule has 1 aromatic carbocycles. The fourth-order valence-electron chi connectivity index (χ4n) is 4.53. The van der Waals surface area contributed by atoms with E-state index in [0.29, 0.717) is 25.2 Å². The molecule has 2 aliphatic rings. The average Bonchev–Trinajstić information content (AvgIpc) is 2.74. The number of hydrogen-bond acceptors (Lipinski definition) is 5. The van der Waals surface area contributed by atoms with Crippen molar-refractivity contribution in [3.63, 3.8) is 0 Å². The van der Waals surface area contributed by atoms with Gasteiger partial charge in [-0.2, -0.15) is 0 Å². The first-order chi connectivity index (χ1) is 14.5. The van der Waals surface area contributed by atoms with Gasteiger partial charge in [0.2, 0.25) is 5.91 Å². The van der Waals surface area contributed by atoms with E-state index in [1.54, 1.807) is 6.20 Å². The van der Waals surface area contributed by atoms with Gasteiger partial charge in [0, 0.05) is 56.7 Å². The number of ether oxygens (including phenoxy) is 1. The first-order valence-corrected chi connectivity index (χ1v) is 10.6. The second-order valence-corrected chi connectivity index (χ2v) is 8.53. The van der Waals surface area contributed by atoms with Crippen LogP contribution in [0.5, 0.6) is 5.75 Å². The first kappa shape index (κ1) is 20.3. The van der Waals surface area contributed by atoms with Crippen LogP contribution in [-0.2, 0) is 4.79 Å². The molecule has 0 unspecified atom stereocenters. The lowest BCUT2D eigenvalue weighted by Gasteiger charge is -2.46. The summed E-state index contributed by atoms with van der Waals surface area (Å²) in [5, 5.41) is 3.01. The van der Waals surface area contributed by atoms with Gasteiger partial charge in [-0.15, -0.1) is 0 Å². The lowest BCUT2D eigenvalue weighted by Crippen LogP contribution is -2.52. The van der Waals surface area contributed by atoms with Crippen LogP contribution in [0.15, 0.2) is 42.9 Å². The SMILES string of the molecule is CC(C)NC(=O)C[C@@H]1CC2(CCN(C(=O)c3cnccn3)CC2)Oc2ccccc21. The molecule has 0 saturated carbocycles. The number of nitrogens with one attached hydrogen (secondary N) is 1. The molecule has 0 aliphatic carbocycles. The molecule has 2 aliphatic heterocycles. The van der Waals surface area contributed by atoms with Crippen LogP contribution < -0.4 is 10.1 Å². The first-order valence-electron chi connectivity index (χ1n) is 10.6. The number of para-hydroxylation sites is 1. The van der Waals surface area contributed by atoms with Crippen molar-refractivity contribution < 1.29 is 14.3 Å². The third-order valence-electron chi connectivity index (χ3n) is 5.93. The summed E-state index contributed by atoms with van der Waals surface area (Å²) in [5.74, 6) is 0.940. The molecule has 1 spiro atoms. The Morgan fingerprint density at radius 1 is 1.23 bits per heavy atom. The van der Waals surface area contributed by atoms with Gasteiger partial charge in [0.05, 0.1) is 6.20 Å². The van der Waals surface area contributed by atoms with Gasteiger partial charge in [-0.1, -0.05) is 18.2 Å². The molecule has 7 heteroatoms. The quantitative estimate of drug-likeness (QED) is 0.841. The van der Waals surface area contributed by atoms with Gasteiger partial charge in [0.15, 0.2) is 0 Å². The Kier molecular flexibility index (Phi) is 5.70. The number of piperidine rings is 1. The van der Waals surface area contributed by atoms with E-state index in [1.165, 1.54) is 12.4 Å². The number of carbonyl (C=O) groups is 2. The van der Waals surface area contributed by atoms with Crippen LogP contribution in [0.1, 0.15) is 61.5 Å². The van der Waals surface area contributed by atoms with Crippen molar-refractivity contribution in [2.45, 2.75) is 57.1 Å². The summed E-state index contributed by atoms with van der Waals surface area (Å²) in [7, 11) is 0. The van der Waals surface area contributed by atoms with Gasteiger partial charge in [0.1, 0.15) is 17.0 Å². The number of carbonyl (C=O) groups excluding carboxylic acids is 2. The zero-order valence-corrected chi connectivity index (χ0v) is 17.5. The van der Waals surface area contributed by atoms with E-state index in [9.17, 15) is 9.59 Å². The third kappa shape index (κ3) is 4.30. The Morgan fingerprint density at radius 3 is 2.70 bits per heavy atom. The maximum absolute atomic E-state index is 12.7. The van der Waals surface area contributed by atoms with Crippen LogP contribution in [0.4, 0.5) is 0 Å². The number of benzene rings is 1. The Bertz CT molecular complexity index is 908. The smallest absolute Gasteiger partial charge is 0.274 e. The molecule has 1 N–H and O–H groups in total. The van der Waals surface area contributed by atoms with E-state index >= 15 is 0 Å². The molecule has 158 valence electrons. The van der Waals surface area contributed by atoms with Crippen molar-refractivity contribution in [2.75, 3.05) is 13.1 Å². The summed E-state index contributed by atoms with van der Waals surface area (Å²) in [6, 6.07) is 8.13. The fraction of sp³-hybridized carbons (Fsp3) is 0.478. The van der Waals surface area contributed by atoms with Crippen LogP contribution >= 0.6 is 0 Å². The van der Waals surface area contributed by atoms with Gasteiger partial charge in [-0.05, 0) is 31.9 Å². The number of rotatable bonds is 4. The van der Waals surface area contributed by atoms with E-state index in [2.05, 4.69) is 21.4 Å². The zero-order chi connectivity index (χ0) is 21.1. The summed E-state index contributed by atoms with van der Waals surface area (Å²) in [5.41, 5.74) is 1.11. The molecule has 0 bridgehead atoms. The molecule has 1 saturated heterocycles. The lowest BCUT2D eigenvalue weighted by molar-refractivity contribution is -0.122. The molecule has 1 atom stereocenters. The maximum Gasteiger partial charge on any atom is 0.274 e. The molecule has 2 aromatic rings. The summed E-state index contributed by atoms with van der Waals surface area (Å²) in [4.78, 5) is 35.1. The minimum absolute atomic E-state index is 0.0668. The second kappa shape index (κ2) is 8.42. The fourth-order valence-corrected chi connectivity index (χ4v) is 4.53. The van der Waals surface area contributed by atoms with Crippen molar-refractivity contribution in [2.24, 2.45) is 0 Å². The van der Waals surface area contributed by atoms with E-state index in [-0.39, 0.29) is 29.4 Å². The molecular formula is C23H28N4O3. The van der Waals surface area contributed by atoms with E-state index < -0.39 is 0 Å². The van der Waals surface area contributed by atoms with E-state index in [0.717, 1.165) is 30.6 Å². The van der Waals surface area contributed by atoms with Crippen LogP contribution in [0.25, 0.3) is 0 Å². The number of nitrogens with zero attached hydrogens (tertiary/aromatic N) is 3. The topological polar surface area (TPSA) is 84.4 Å². The lowest BCUT2D eigenvalue weighted by atomic mass is 9.76. The molecule has 1 fully saturated rings. The van der Waals surface area contributed by atoms with Crippen molar-refractivity contribution in [1.82, 2.24) is 20.2 Å². The zero-order valence-electron chi connectivity index (χ0n) is 17.5. The molecular weight excluding hydrogens is 380 g/mol. The average molecular weight is 409 g/mol. The van der Waals surface area contributed by atoms with E-state index in [1.807, 2.05) is 36.9 Å². The number of likely N-dealkylation sites (tertiary alicyclic amines) is 1. The Balaban J connectivity index is 1.48. The maximum atomic E-state index is 12.7. The van der Waals surface area contributed by atoms with Gasteiger partial charge in [-0.25, -0.2) is 4.98 Å². The molecule has 3 heterocycles. The summed E-state index contributed by atoms with van der Waals surface area (Å²) >= 11 is 0. The number of aromatic nitrogens is 2. The van der Waals surface area contributed by atoms with Crippen molar-refractivity contribution >= 4 is 11.8 Å². The largest absolute Gasteiger partial charge is 0.487 e. The highest BCUT2D eigenvalue weighted by molar-refractivity contribution is 5.92. The molecule has 7 nitrogen and oxygen atoms in total. The second-order valence-electron chi connectivity index (χ2n) is 8.53. The predicted octanol–water partition coefficient (Wildman–Crippen LogP) is 2.93. The Labute approximate surface area is 176 Å². The van der Waals surface area contributed by atoms with E-state index in [4.69, 9.17) is 4.74 Å². The van der Waals surface area contributed by atoms with Crippen LogP contribution in [-0.4, -0.2) is 51.4 Å². The highest BCUT2D eigenvalue weighted by Gasteiger charge is 2.44. The summed E-state index contributed by atoms with van der Waals surface area (Å²) in [6.07, 6.45) is 7.29. The van der Waals surface area contributed by atoms with Crippen LogP contribution in [0.2, 0.25) is 0 Å². The monoisotopic (exact) mass is 408 g/mol. The summed E-state index contributed by atoms with van der Waals surface area (Å²) < 4.78 is 6.49. The number of fused-ring (bicyclic) bond motifs is 1. The molecule has 30 heavy (non-hydrogen) atoms. The summed E-state index contributed by atoms with van der Waals surface area (Å²) in [6.45, 7) is 5.15. The molecule has 0 radical (unpaired) electrons. The molecule has 1 aromatic heterocycles. The standard InChI is InChI=1S/C23H28N4O3/c1-16(2)26-21(28)13-17-14-23(30-20-6-4-3-5-18(17)20)7-11-27(12-8-23)22(29)19-15-24-9-10-25-19/h3-6,9-10,15-17H,7-8,11-14H2,1-2H3,(H,26,28)/t17-/m1/s1. The Morgan fingerprint density at radius 2 is 2.00 bits per heavy atom. The number of amides is 2. The van der Waals surface area contributed by atoms with Crippen molar-refractivity contribution in [1.29, 1.82) is 0 Å². The number of hydrogen-bond donors (Lipinski definition) is 1. The third-order valence-corrected chi connectivity index (χ3v) is 5.93. The van der Waals surface area contributed by atoms with Gasteiger partial charge in [-0.3, -0.25) is 14.6 Å². The minimum Gasteiger partial charge on any atom is -0.487 e. The van der Waals surface area contributed by atoms with Crippen molar-refractivity contribution in [3.8, 4) is 5.75 Å². The highest BCUT2D eigenvalue weighted by Crippen LogP contribution is 2.46. The van der Waals surface area contributed by atoms with Crippen LogP contribution in [0, 0.1) is 0 Å². The molecule has 4 rings (SSSR count). The normalized spacial score (nSPS) is 19.8. The Hall–Kier alpha value is -2.96. The predicted molar refractivity (Wildman–Crippen MR) is 112 cm³/mol. The minimum atomic E-state index is -0.351. The highest BCUT2D eigenvalue weighted by atomic mass is 16.5. The van der Waals surface area contributed by atoms with Crippen LogP contribution in [0.3, 0.4) is 0 Å². The molecule has 2 amide bonds.